The fourth-order valence-electron chi connectivity index (χ4n) is 3.75. The van der Waals surface area contributed by atoms with Crippen LogP contribution >= 0.6 is 0 Å². The predicted octanol–water partition coefficient (Wildman–Crippen LogP) is 3.91. The van der Waals surface area contributed by atoms with Crippen LogP contribution < -0.4 is 0 Å². The zero-order valence-corrected chi connectivity index (χ0v) is 12.6. The van der Waals surface area contributed by atoms with E-state index in [4.69, 9.17) is 9.47 Å². The molecule has 0 radical (unpaired) electrons. The third-order valence-electron chi connectivity index (χ3n) is 5.14. The second-order valence-corrected chi connectivity index (χ2v) is 6.44. The van der Waals surface area contributed by atoms with Gasteiger partial charge in [-0.25, -0.2) is 0 Å². The molecule has 1 heterocycles. The normalized spacial score (nSPS) is 39.2. The quantitative estimate of drug-likeness (QED) is 0.725. The third-order valence-corrected chi connectivity index (χ3v) is 5.14. The molecule has 0 spiro atoms. The molecule has 0 aromatic rings. The molecule has 1 saturated heterocycles. The Bertz CT molecular complexity index is 309. The summed E-state index contributed by atoms with van der Waals surface area (Å²) in [6, 6.07) is 0. The minimum atomic E-state index is -0.295. The largest absolute Gasteiger partial charge is 0.435 e. The summed E-state index contributed by atoms with van der Waals surface area (Å²) in [5, 5.41) is 0. The zero-order chi connectivity index (χ0) is 13.9. The van der Waals surface area contributed by atoms with E-state index in [0.29, 0.717) is 11.8 Å². The first-order chi connectivity index (χ1) is 9.10. The number of carbonyl (C=O) groups excluding carboxylic acids is 1. The molecule has 0 aromatic heterocycles. The average Bonchev–Trinajstić information content (AvgIpc) is 2.78. The van der Waals surface area contributed by atoms with Gasteiger partial charge in [0.25, 0.3) is 0 Å². The lowest BCUT2D eigenvalue weighted by atomic mass is 9.78. The first-order valence-electron chi connectivity index (χ1n) is 7.92. The fourth-order valence-corrected chi connectivity index (χ4v) is 3.75. The van der Waals surface area contributed by atoms with Crippen LogP contribution in [0.3, 0.4) is 0 Å². The Morgan fingerprint density at radius 1 is 1.32 bits per heavy atom. The summed E-state index contributed by atoms with van der Waals surface area (Å²) < 4.78 is 11.2. The molecule has 2 rings (SSSR count). The van der Waals surface area contributed by atoms with Crippen LogP contribution in [0.15, 0.2) is 0 Å². The maximum atomic E-state index is 12.6. The van der Waals surface area contributed by atoms with Crippen LogP contribution in [0.4, 0.5) is 0 Å². The lowest BCUT2D eigenvalue weighted by molar-refractivity contribution is -0.198. The molecule has 19 heavy (non-hydrogen) atoms. The number of rotatable bonds is 4. The van der Waals surface area contributed by atoms with Gasteiger partial charge in [0.05, 0.1) is 12.0 Å². The summed E-state index contributed by atoms with van der Waals surface area (Å²) in [5.41, 5.74) is -0.295. The van der Waals surface area contributed by atoms with Crippen LogP contribution in [0.25, 0.3) is 0 Å². The van der Waals surface area contributed by atoms with Crippen molar-refractivity contribution in [3.8, 4) is 0 Å². The topological polar surface area (TPSA) is 35.5 Å². The second-order valence-electron chi connectivity index (χ2n) is 6.44. The van der Waals surface area contributed by atoms with Gasteiger partial charge in [0.15, 0.2) is 0 Å². The maximum absolute atomic E-state index is 12.6. The van der Waals surface area contributed by atoms with Crippen molar-refractivity contribution in [2.24, 2.45) is 17.3 Å². The van der Waals surface area contributed by atoms with Crippen molar-refractivity contribution >= 4 is 5.97 Å². The van der Waals surface area contributed by atoms with Gasteiger partial charge in [-0.2, -0.15) is 0 Å². The van der Waals surface area contributed by atoms with Gasteiger partial charge in [-0.3, -0.25) is 4.79 Å². The lowest BCUT2D eigenvalue weighted by Crippen LogP contribution is -2.37. The summed E-state index contributed by atoms with van der Waals surface area (Å²) >= 11 is 0. The SMILES string of the molecule is CCC1CC(CC)C(C)(C(=O)OC2CCCCO2)C1. The second kappa shape index (κ2) is 6.25. The zero-order valence-electron chi connectivity index (χ0n) is 12.6. The van der Waals surface area contributed by atoms with Gasteiger partial charge >= 0.3 is 5.97 Å². The van der Waals surface area contributed by atoms with Gasteiger partial charge in [0.2, 0.25) is 6.29 Å². The Kier molecular flexibility index (Phi) is 4.88. The number of esters is 1. The van der Waals surface area contributed by atoms with E-state index in [-0.39, 0.29) is 17.7 Å². The van der Waals surface area contributed by atoms with E-state index in [2.05, 4.69) is 20.8 Å². The molecule has 110 valence electrons. The highest BCUT2D eigenvalue weighted by atomic mass is 16.7. The smallest absolute Gasteiger partial charge is 0.314 e. The molecule has 1 aliphatic carbocycles. The summed E-state index contributed by atoms with van der Waals surface area (Å²) in [4.78, 5) is 12.6. The van der Waals surface area contributed by atoms with Crippen LogP contribution in [0.2, 0.25) is 0 Å². The highest BCUT2D eigenvalue weighted by Gasteiger charge is 2.49. The van der Waals surface area contributed by atoms with Crippen LogP contribution in [-0.4, -0.2) is 18.9 Å². The Labute approximate surface area is 117 Å². The van der Waals surface area contributed by atoms with Gasteiger partial charge in [-0.1, -0.05) is 26.7 Å². The standard InChI is InChI=1S/C16H28O3/c1-4-12-10-13(5-2)16(3,11-12)15(17)19-14-8-6-7-9-18-14/h12-14H,4-11H2,1-3H3. The Hall–Kier alpha value is -0.570. The van der Waals surface area contributed by atoms with Crippen LogP contribution in [0.5, 0.6) is 0 Å². The first-order valence-corrected chi connectivity index (χ1v) is 7.92. The van der Waals surface area contributed by atoms with Gasteiger partial charge in [-0.05, 0) is 44.4 Å². The van der Waals surface area contributed by atoms with E-state index < -0.39 is 0 Å². The fraction of sp³-hybridized carbons (Fsp3) is 0.938. The average molecular weight is 268 g/mol. The van der Waals surface area contributed by atoms with Gasteiger partial charge in [0, 0.05) is 6.42 Å². The maximum Gasteiger partial charge on any atom is 0.314 e. The van der Waals surface area contributed by atoms with Crippen molar-refractivity contribution in [2.45, 2.75) is 72.0 Å². The summed E-state index contributed by atoms with van der Waals surface area (Å²) in [5.74, 6) is 1.12. The molecule has 4 unspecified atom stereocenters. The summed E-state index contributed by atoms with van der Waals surface area (Å²) in [6.07, 6.45) is 7.13. The minimum absolute atomic E-state index is 0.0257. The molecule has 1 saturated carbocycles. The van der Waals surface area contributed by atoms with Gasteiger partial charge in [-0.15, -0.1) is 0 Å². The summed E-state index contributed by atoms with van der Waals surface area (Å²) in [6.45, 7) is 7.23. The molecule has 1 aliphatic heterocycles. The number of hydrogen-bond donors (Lipinski definition) is 0. The van der Waals surface area contributed by atoms with E-state index in [0.717, 1.165) is 38.7 Å². The monoisotopic (exact) mass is 268 g/mol. The molecular formula is C16H28O3. The Balaban J connectivity index is 1.99. The molecule has 0 amide bonds. The number of hydrogen-bond acceptors (Lipinski definition) is 3. The van der Waals surface area contributed by atoms with Crippen molar-refractivity contribution in [1.29, 1.82) is 0 Å². The van der Waals surface area contributed by atoms with Crippen LogP contribution in [0.1, 0.15) is 65.7 Å². The Morgan fingerprint density at radius 2 is 2.11 bits per heavy atom. The van der Waals surface area contributed by atoms with E-state index in [9.17, 15) is 4.79 Å². The predicted molar refractivity (Wildman–Crippen MR) is 74.6 cm³/mol. The molecule has 4 atom stereocenters. The van der Waals surface area contributed by atoms with Crippen molar-refractivity contribution in [2.75, 3.05) is 6.61 Å². The Morgan fingerprint density at radius 3 is 2.68 bits per heavy atom. The molecule has 0 N–H and O–H groups in total. The lowest BCUT2D eigenvalue weighted by Gasteiger charge is -2.31. The van der Waals surface area contributed by atoms with Crippen LogP contribution in [0, 0.1) is 17.3 Å². The van der Waals surface area contributed by atoms with Gasteiger partial charge in [0.1, 0.15) is 0 Å². The van der Waals surface area contributed by atoms with Gasteiger partial charge < -0.3 is 9.47 Å². The van der Waals surface area contributed by atoms with E-state index in [1.807, 2.05) is 0 Å². The van der Waals surface area contributed by atoms with Crippen molar-refractivity contribution in [1.82, 2.24) is 0 Å². The van der Waals surface area contributed by atoms with Crippen molar-refractivity contribution < 1.29 is 14.3 Å². The van der Waals surface area contributed by atoms with E-state index in [1.165, 1.54) is 12.8 Å². The number of carbonyl (C=O) groups is 1. The molecule has 0 aromatic carbocycles. The molecule has 2 fully saturated rings. The molecule has 3 heteroatoms. The van der Waals surface area contributed by atoms with Crippen LogP contribution in [-0.2, 0) is 14.3 Å². The molecular weight excluding hydrogens is 240 g/mol. The molecule has 3 nitrogen and oxygen atoms in total. The number of ether oxygens (including phenoxy) is 2. The van der Waals surface area contributed by atoms with Crippen molar-refractivity contribution in [3.63, 3.8) is 0 Å². The van der Waals surface area contributed by atoms with E-state index >= 15 is 0 Å². The molecule has 2 aliphatic rings. The minimum Gasteiger partial charge on any atom is -0.435 e. The molecule has 0 bridgehead atoms. The highest BCUT2D eigenvalue weighted by Crippen LogP contribution is 2.50. The first kappa shape index (κ1) is 14.8. The summed E-state index contributed by atoms with van der Waals surface area (Å²) in [7, 11) is 0. The highest BCUT2D eigenvalue weighted by molar-refractivity contribution is 5.77. The van der Waals surface area contributed by atoms with E-state index in [1.54, 1.807) is 0 Å². The third kappa shape index (κ3) is 3.13. The van der Waals surface area contributed by atoms with Crippen molar-refractivity contribution in [3.05, 3.63) is 0 Å².